The molecule has 1 aromatic carbocycles. The number of benzene rings is 1. The average molecular weight is 317 g/mol. The van der Waals surface area contributed by atoms with E-state index in [-0.39, 0.29) is 5.91 Å². The fourth-order valence-electron chi connectivity index (χ4n) is 2.01. The Morgan fingerprint density at radius 2 is 2.23 bits per heavy atom. The van der Waals surface area contributed by atoms with Gasteiger partial charge in [0.2, 0.25) is 10.9 Å². The second-order valence-corrected chi connectivity index (χ2v) is 5.62. The van der Waals surface area contributed by atoms with Gasteiger partial charge in [-0.3, -0.25) is 4.79 Å². The van der Waals surface area contributed by atoms with E-state index in [0.717, 1.165) is 21.4 Å². The average Bonchev–Trinajstić information content (AvgIpc) is 3.09. The van der Waals surface area contributed by atoms with E-state index in [0.29, 0.717) is 17.9 Å². The van der Waals surface area contributed by atoms with Crippen molar-refractivity contribution in [3.63, 3.8) is 0 Å². The van der Waals surface area contributed by atoms with Crippen LogP contribution in [0.4, 0.5) is 5.69 Å². The second-order valence-electron chi connectivity index (χ2n) is 4.67. The van der Waals surface area contributed by atoms with Crippen LogP contribution in [0.15, 0.2) is 18.2 Å². The summed E-state index contributed by atoms with van der Waals surface area (Å²) in [5, 5.41) is 16.2. The Balaban J connectivity index is 2.02. The number of methoxy groups -OCH3 is 1. The number of ether oxygens (including phenoxy) is 1. The molecule has 3 rings (SSSR count). The molecule has 0 saturated carbocycles. The molecule has 0 spiro atoms. The molecule has 2 aromatic heterocycles. The van der Waals surface area contributed by atoms with E-state index in [2.05, 4.69) is 20.6 Å². The molecule has 8 heteroatoms. The normalized spacial score (nSPS) is 10.9. The largest absolute Gasteiger partial charge is 0.495 e. The molecule has 0 unspecified atom stereocenters. The molecule has 7 nitrogen and oxygen atoms in total. The molecule has 0 aliphatic heterocycles. The van der Waals surface area contributed by atoms with Crippen molar-refractivity contribution < 1.29 is 9.53 Å². The van der Waals surface area contributed by atoms with Gasteiger partial charge in [-0.05, 0) is 25.1 Å². The van der Waals surface area contributed by atoms with E-state index in [1.165, 1.54) is 11.3 Å². The quantitative estimate of drug-likeness (QED) is 0.799. The Hall–Kier alpha value is -2.48. The molecule has 0 aliphatic carbocycles. The van der Waals surface area contributed by atoms with Gasteiger partial charge in [0, 0.05) is 12.0 Å². The van der Waals surface area contributed by atoms with E-state index < -0.39 is 0 Å². The van der Waals surface area contributed by atoms with E-state index in [1.807, 2.05) is 25.1 Å². The van der Waals surface area contributed by atoms with Crippen LogP contribution < -0.4 is 10.1 Å². The van der Waals surface area contributed by atoms with Gasteiger partial charge in [-0.2, -0.15) is 9.61 Å². The molecule has 3 aromatic rings. The maximum atomic E-state index is 11.6. The first-order chi connectivity index (χ1) is 10.6. The van der Waals surface area contributed by atoms with Crippen molar-refractivity contribution in [1.29, 1.82) is 0 Å². The molecule has 0 bridgehead atoms. The zero-order valence-corrected chi connectivity index (χ0v) is 13.3. The SMILES string of the molecule is CCC(=O)Nc1cc(-c2nn3c(C)nnc3s2)ccc1OC. The number of fused-ring (bicyclic) bond motifs is 1. The van der Waals surface area contributed by atoms with Gasteiger partial charge in [-0.1, -0.05) is 18.3 Å². The van der Waals surface area contributed by atoms with Crippen LogP contribution in [-0.2, 0) is 4.79 Å². The van der Waals surface area contributed by atoms with Gasteiger partial charge < -0.3 is 10.1 Å². The topological polar surface area (TPSA) is 81.4 Å². The summed E-state index contributed by atoms with van der Waals surface area (Å²) in [6, 6.07) is 5.57. The van der Waals surface area contributed by atoms with Crippen LogP contribution in [0.1, 0.15) is 19.2 Å². The van der Waals surface area contributed by atoms with Crippen LogP contribution in [-0.4, -0.2) is 32.8 Å². The Labute approximate surface area is 130 Å². The van der Waals surface area contributed by atoms with Crippen molar-refractivity contribution in [2.75, 3.05) is 12.4 Å². The molecule has 0 aliphatic rings. The summed E-state index contributed by atoms with van der Waals surface area (Å²) in [6.45, 7) is 3.65. The zero-order chi connectivity index (χ0) is 15.7. The van der Waals surface area contributed by atoms with Crippen molar-refractivity contribution in [1.82, 2.24) is 19.8 Å². The van der Waals surface area contributed by atoms with E-state index in [9.17, 15) is 4.79 Å². The van der Waals surface area contributed by atoms with Gasteiger partial charge in [0.1, 0.15) is 10.8 Å². The lowest BCUT2D eigenvalue weighted by atomic mass is 10.2. The third-order valence-electron chi connectivity index (χ3n) is 3.19. The Kier molecular flexibility index (Phi) is 3.76. The maximum Gasteiger partial charge on any atom is 0.234 e. The number of carbonyl (C=O) groups is 1. The first-order valence-corrected chi connectivity index (χ1v) is 7.61. The lowest BCUT2D eigenvalue weighted by Crippen LogP contribution is -2.10. The van der Waals surface area contributed by atoms with Crippen molar-refractivity contribution in [3.05, 3.63) is 24.0 Å². The first-order valence-electron chi connectivity index (χ1n) is 6.79. The summed E-state index contributed by atoms with van der Waals surface area (Å²) in [7, 11) is 1.57. The number of rotatable bonds is 4. The maximum absolute atomic E-state index is 11.6. The van der Waals surface area contributed by atoms with Gasteiger partial charge in [-0.15, -0.1) is 10.2 Å². The third-order valence-corrected chi connectivity index (χ3v) is 4.14. The summed E-state index contributed by atoms with van der Waals surface area (Å²) in [4.78, 5) is 12.4. The lowest BCUT2D eigenvalue weighted by molar-refractivity contribution is -0.115. The number of anilines is 1. The minimum Gasteiger partial charge on any atom is -0.495 e. The predicted octanol–water partition coefficient (Wildman–Crippen LogP) is 2.52. The van der Waals surface area contributed by atoms with Gasteiger partial charge in [0.15, 0.2) is 5.82 Å². The predicted molar refractivity (Wildman–Crippen MR) is 84.3 cm³/mol. The standard InChI is InChI=1S/C14H15N5O2S/c1-4-12(20)15-10-7-9(5-6-11(10)21-3)13-18-19-8(2)16-17-14(19)22-13/h5-7H,4H2,1-3H3,(H,15,20). The van der Waals surface area contributed by atoms with Crippen LogP contribution in [0.5, 0.6) is 5.75 Å². The van der Waals surface area contributed by atoms with Gasteiger partial charge in [-0.25, -0.2) is 0 Å². The van der Waals surface area contributed by atoms with Crippen molar-refractivity contribution in [3.8, 4) is 16.3 Å². The minimum absolute atomic E-state index is 0.0653. The number of nitrogens with one attached hydrogen (secondary N) is 1. The highest BCUT2D eigenvalue weighted by Gasteiger charge is 2.13. The molecular formula is C14H15N5O2S. The van der Waals surface area contributed by atoms with Crippen LogP contribution in [0.3, 0.4) is 0 Å². The summed E-state index contributed by atoms with van der Waals surface area (Å²) >= 11 is 1.44. The number of hydrogen-bond donors (Lipinski definition) is 1. The molecular weight excluding hydrogens is 302 g/mol. The molecule has 114 valence electrons. The smallest absolute Gasteiger partial charge is 0.234 e. The monoisotopic (exact) mass is 317 g/mol. The summed E-state index contributed by atoms with van der Waals surface area (Å²) < 4.78 is 6.99. The number of aryl methyl sites for hydroxylation is 1. The number of carbonyl (C=O) groups excluding carboxylic acids is 1. The zero-order valence-electron chi connectivity index (χ0n) is 12.5. The second kappa shape index (κ2) is 5.72. The number of nitrogens with zero attached hydrogens (tertiary/aromatic N) is 4. The highest BCUT2D eigenvalue weighted by molar-refractivity contribution is 7.19. The number of hydrogen-bond acceptors (Lipinski definition) is 6. The molecule has 22 heavy (non-hydrogen) atoms. The minimum atomic E-state index is -0.0653. The lowest BCUT2D eigenvalue weighted by Gasteiger charge is -2.10. The fourth-order valence-corrected chi connectivity index (χ4v) is 2.89. The van der Waals surface area contributed by atoms with Crippen LogP contribution in [0, 0.1) is 6.92 Å². The Morgan fingerprint density at radius 1 is 1.41 bits per heavy atom. The van der Waals surface area contributed by atoms with Gasteiger partial charge >= 0.3 is 0 Å². The van der Waals surface area contributed by atoms with Gasteiger partial charge in [0.05, 0.1) is 12.8 Å². The van der Waals surface area contributed by atoms with Crippen molar-refractivity contribution in [2.45, 2.75) is 20.3 Å². The van der Waals surface area contributed by atoms with Crippen LogP contribution >= 0.6 is 11.3 Å². The van der Waals surface area contributed by atoms with E-state index >= 15 is 0 Å². The van der Waals surface area contributed by atoms with Crippen LogP contribution in [0.25, 0.3) is 15.5 Å². The molecule has 1 N–H and O–H groups in total. The first kappa shape index (κ1) is 14.5. The van der Waals surface area contributed by atoms with Crippen molar-refractivity contribution >= 4 is 27.9 Å². The van der Waals surface area contributed by atoms with E-state index in [1.54, 1.807) is 18.5 Å². The molecule has 2 heterocycles. The molecule has 0 saturated heterocycles. The Bertz CT molecular complexity index is 839. The molecule has 0 radical (unpaired) electrons. The summed E-state index contributed by atoms with van der Waals surface area (Å²) in [6.07, 6.45) is 0.406. The molecule has 0 fully saturated rings. The highest BCUT2D eigenvalue weighted by Crippen LogP contribution is 2.32. The van der Waals surface area contributed by atoms with Crippen LogP contribution in [0.2, 0.25) is 0 Å². The summed E-state index contributed by atoms with van der Waals surface area (Å²) in [5.74, 6) is 1.29. The van der Waals surface area contributed by atoms with E-state index in [4.69, 9.17) is 4.74 Å². The van der Waals surface area contributed by atoms with Crippen molar-refractivity contribution in [2.24, 2.45) is 0 Å². The fraction of sp³-hybridized carbons (Fsp3) is 0.286. The number of aromatic nitrogens is 4. The highest BCUT2D eigenvalue weighted by atomic mass is 32.1. The summed E-state index contributed by atoms with van der Waals surface area (Å²) in [5.41, 5.74) is 1.52. The third kappa shape index (κ3) is 2.52. The number of amides is 1. The molecule has 0 atom stereocenters. The Morgan fingerprint density at radius 3 is 2.91 bits per heavy atom. The van der Waals surface area contributed by atoms with Gasteiger partial charge in [0.25, 0.3) is 0 Å². The molecule has 1 amide bonds.